The number of hydrogen-bond acceptors (Lipinski definition) is 2. The molecule has 1 unspecified atom stereocenters. The molecule has 1 heterocycles. The van der Waals surface area contributed by atoms with Crippen LogP contribution in [0.25, 0.3) is 5.69 Å². The second kappa shape index (κ2) is 7.64. The Labute approximate surface area is 125 Å². The van der Waals surface area contributed by atoms with E-state index in [9.17, 15) is 4.79 Å². The summed E-state index contributed by atoms with van der Waals surface area (Å²) >= 11 is 0. The van der Waals surface area contributed by atoms with Gasteiger partial charge >= 0.3 is 0 Å². The summed E-state index contributed by atoms with van der Waals surface area (Å²) in [5, 5.41) is 11.8. The maximum Gasteiger partial charge on any atom is 0.251 e. The molecule has 4 heteroatoms. The molecule has 0 saturated heterocycles. The second-order valence-electron chi connectivity index (χ2n) is 5.32. The number of carbonyl (C=O) groups is 1. The number of benzene rings is 1. The summed E-state index contributed by atoms with van der Waals surface area (Å²) in [6.45, 7) is 2.85. The molecule has 21 heavy (non-hydrogen) atoms. The third-order valence-corrected chi connectivity index (χ3v) is 3.50. The minimum absolute atomic E-state index is 0.0503. The molecule has 2 aromatic rings. The van der Waals surface area contributed by atoms with Crippen molar-refractivity contribution < 1.29 is 9.90 Å². The Morgan fingerprint density at radius 3 is 2.52 bits per heavy atom. The van der Waals surface area contributed by atoms with Crippen LogP contribution in [0.4, 0.5) is 0 Å². The molecular weight excluding hydrogens is 264 g/mol. The summed E-state index contributed by atoms with van der Waals surface area (Å²) < 4.78 is 2.00. The van der Waals surface area contributed by atoms with E-state index in [1.54, 1.807) is 0 Å². The first-order valence-electron chi connectivity index (χ1n) is 7.33. The Bertz CT molecular complexity index is 547. The molecule has 1 amide bonds. The number of rotatable bonds is 7. The quantitative estimate of drug-likeness (QED) is 0.769. The molecule has 0 radical (unpaired) electrons. The van der Waals surface area contributed by atoms with Crippen LogP contribution in [-0.2, 0) is 0 Å². The van der Waals surface area contributed by atoms with Crippen LogP contribution in [0.3, 0.4) is 0 Å². The number of nitrogens with one attached hydrogen (secondary N) is 1. The molecule has 112 valence electrons. The Hall–Kier alpha value is -2.07. The fraction of sp³-hybridized carbons (Fsp3) is 0.353. The normalized spacial score (nSPS) is 12.1. The van der Waals surface area contributed by atoms with Crippen molar-refractivity contribution in [1.29, 1.82) is 0 Å². The van der Waals surface area contributed by atoms with Gasteiger partial charge < -0.3 is 15.0 Å². The van der Waals surface area contributed by atoms with Gasteiger partial charge in [-0.1, -0.05) is 6.92 Å². The van der Waals surface area contributed by atoms with E-state index in [2.05, 4.69) is 5.32 Å². The largest absolute Gasteiger partial charge is 0.396 e. The van der Waals surface area contributed by atoms with Crippen molar-refractivity contribution in [2.45, 2.75) is 19.8 Å². The fourth-order valence-corrected chi connectivity index (χ4v) is 2.14. The topological polar surface area (TPSA) is 54.3 Å². The predicted molar refractivity (Wildman–Crippen MR) is 83.6 cm³/mol. The lowest BCUT2D eigenvalue weighted by Crippen LogP contribution is -2.24. The number of amides is 1. The first-order valence-corrected chi connectivity index (χ1v) is 7.33. The van der Waals surface area contributed by atoms with E-state index in [1.807, 2.05) is 60.3 Å². The number of hydrogen-bond donors (Lipinski definition) is 2. The third kappa shape index (κ3) is 4.46. The summed E-state index contributed by atoms with van der Waals surface area (Å²) in [5.41, 5.74) is 1.70. The van der Waals surface area contributed by atoms with Gasteiger partial charge in [0.1, 0.15) is 0 Å². The van der Waals surface area contributed by atoms with Crippen molar-refractivity contribution in [1.82, 2.24) is 9.88 Å². The minimum Gasteiger partial charge on any atom is -0.396 e. The molecule has 1 aromatic carbocycles. The summed E-state index contributed by atoms with van der Waals surface area (Å²) in [4.78, 5) is 12.0. The van der Waals surface area contributed by atoms with Gasteiger partial charge in [0.05, 0.1) is 0 Å². The average Bonchev–Trinajstić information content (AvgIpc) is 3.05. The molecule has 0 saturated carbocycles. The van der Waals surface area contributed by atoms with E-state index in [4.69, 9.17) is 5.11 Å². The molecule has 1 aromatic heterocycles. The van der Waals surface area contributed by atoms with Gasteiger partial charge in [-0.05, 0) is 55.2 Å². The maximum atomic E-state index is 12.0. The smallest absolute Gasteiger partial charge is 0.251 e. The van der Waals surface area contributed by atoms with Gasteiger partial charge in [-0.3, -0.25) is 4.79 Å². The molecule has 2 N–H and O–H groups in total. The Morgan fingerprint density at radius 2 is 1.90 bits per heavy atom. The van der Waals surface area contributed by atoms with E-state index in [0.717, 1.165) is 18.5 Å². The zero-order valence-corrected chi connectivity index (χ0v) is 12.3. The van der Waals surface area contributed by atoms with Crippen LogP contribution in [0.1, 0.15) is 30.1 Å². The molecule has 1 atom stereocenters. The molecule has 0 aliphatic rings. The Morgan fingerprint density at radius 1 is 1.24 bits per heavy atom. The van der Waals surface area contributed by atoms with Crippen molar-refractivity contribution >= 4 is 5.91 Å². The highest BCUT2D eigenvalue weighted by Crippen LogP contribution is 2.10. The summed E-state index contributed by atoms with van der Waals surface area (Å²) in [7, 11) is 0. The average molecular weight is 286 g/mol. The molecule has 0 bridgehead atoms. The standard InChI is InChI=1S/C17H22N2O2/c1-14(13-20)5-4-10-18-17(21)15-6-8-16(9-7-15)19-11-2-3-12-19/h2-3,6-9,11-12,14,20H,4-5,10,13H2,1H3,(H,18,21). The lowest BCUT2D eigenvalue weighted by atomic mass is 10.1. The van der Waals surface area contributed by atoms with Crippen molar-refractivity contribution in [3.05, 3.63) is 54.4 Å². The highest BCUT2D eigenvalue weighted by molar-refractivity contribution is 5.94. The van der Waals surface area contributed by atoms with Crippen LogP contribution < -0.4 is 5.32 Å². The number of aliphatic hydroxyl groups is 1. The summed E-state index contributed by atoms with van der Waals surface area (Å²) in [6.07, 6.45) is 5.74. The van der Waals surface area contributed by atoms with Gasteiger partial charge in [-0.25, -0.2) is 0 Å². The van der Waals surface area contributed by atoms with E-state index in [-0.39, 0.29) is 12.5 Å². The van der Waals surface area contributed by atoms with Crippen LogP contribution in [0.15, 0.2) is 48.8 Å². The van der Waals surface area contributed by atoms with Crippen molar-refractivity contribution in [3.63, 3.8) is 0 Å². The highest BCUT2D eigenvalue weighted by atomic mass is 16.3. The first kappa shape index (κ1) is 15.3. The second-order valence-corrected chi connectivity index (χ2v) is 5.32. The number of aromatic nitrogens is 1. The van der Waals surface area contributed by atoms with Crippen molar-refractivity contribution in [2.75, 3.05) is 13.2 Å². The first-order chi connectivity index (χ1) is 10.2. The van der Waals surface area contributed by atoms with Crippen molar-refractivity contribution in [2.24, 2.45) is 5.92 Å². The van der Waals surface area contributed by atoms with Gasteiger partial charge in [0.15, 0.2) is 0 Å². The zero-order valence-electron chi connectivity index (χ0n) is 12.3. The van der Waals surface area contributed by atoms with Crippen LogP contribution in [0.2, 0.25) is 0 Å². The molecule has 4 nitrogen and oxygen atoms in total. The molecule has 0 spiro atoms. The fourth-order valence-electron chi connectivity index (χ4n) is 2.14. The summed E-state index contributed by atoms with van der Waals surface area (Å²) in [6, 6.07) is 11.5. The van der Waals surface area contributed by atoms with Gasteiger partial charge in [0.25, 0.3) is 5.91 Å². The molecule has 2 rings (SSSR count). The number of carbonyl (C=O) groups excluding carboxylic acids is 1. The van der Waals surface area contributed by atoms with Gasteiger partial charge in [-0.2, -0.15) is 0 Å². The van der Waals surface area contributed by atoms with Crippen molar-refractivity contribution in [3.8, 4) is 5.69 Å². The van der Waals surface area contributed by atoms with Crippen LogP contribution >= 0.6 is 0 Å². The molecule has 0 aliphatic carbocycles. The van der Waals surface area contributed by atoms with Crippen LogP contribution in [0, 0.1) is 5.92 Å². The Kier molecular flexibility index (Phi) is 5.58. The lowest BCUT2D eigenvalue weighted by molar-refractivity contribution is 0.0952. The predicted octanol–water partition coefficient (Wildman–Crippen LogP) is 2.62. The monoisotopic (exact) mass is 286 g/mol. The van der Waals surface area contributed by atoms with E-state index in [1.165, 1.54) is 0 Å². The van der Waals surface area contributed by atoms with Crippen LogP contribution in [-0.4, -0.2) is 28.7 Å². The maximum absolute atomic E-state index is 12.0. The van der Waals surface area contributed by atoms with Gasteiger partial charge in [0.2, 0.25) is 0 Å². The lowest BCUT2D eigenvalue weighted by Gasteiger charge is -2.09. The summed E-state index contributed by atoms with van der Waals surface area (Å²) in [5.74, 6) is 0.244. The number of aliphatic hydroxyl groups excluding tert-OH is 1. The zero-order chi connectivity index (χ0) is 15.1. The van der Waals surface area contributed by atoms with Gasteiger partial charge in [0, 0.05) is 36.8 Å². The SMILES string of the molecule is CC(CO)CCCNC(=O)c1ccc(-n2cccc2)cc1. The third-order valence-electron chi connectivity index (χ3n) is 3.50. The van der Waals surface area contributed by atoms with E-state index in [0.29, 0.717) is 18.0 Å². The highest BCUT2D eigenvalue weighted by Gasteiger charge is 2.06. The number of nitrogens with zero attached hydrogens (tertiary/aromatic N) is 1. The minimum atomic E-state index is -0.0503. The molecule has 0 fully saturated rings. The van der Waals surface area contributed by atoms with E-state index >= 15 is 0 Å². The molecule has 0 aliphatic heterocycles. The van der Waals surface area contributed by atoms with Gasteiger partial charge in [-0.15, -0.1) is 0 Å². The Balaban J connectivity index is 1.83. The van der Waals surface area contributed by atoms with Crippen LogP contribution in [0.5, 0.6) is 0 Å². The molecular formula is C17H22N2O2. The van der Waals surface area contributed by atoms with E-state index < -0.39 is 0 Å².